The molecule has 9 heteroatoms. The summed E-state index contributed by atoms with van der Waals surface area (Å²) in [5.41, 5.74) is 1.31. The average Bonchev–Trinajstić information content (AvgIpc) is 3.31. The van der Waals surface area contributed by atoms with Gasteiger partial charge >= 0.3 is 0 Å². The van der Waals surface area contributed by atoms with Crippen LogP contribution >= 0.6 is 0 Å². The first kappa shape index (κ1) is 23.7. The summed E-state index contributed by atoms with van der Waals surface area (Å²) in [6.45, 7) is 10.2. The average molecular weight is 447 g/mol. The molecule has 0 saturated carbocycles. The van der Waals surface area contributed by atoms with Crippen molar-refractivity contribution >= 4 is 18.5 Å². The van der Waals surface area contributed by atoms with E-state index in [1.165, 1.54) is 6.20 Å². The van der Waals surface area contributed by atoms with Crippen LogP contribution < -0.4 is 5.32 Å². The van der Waals surface area contributed by atoms with Crippen LogP contribution in [0.5, 0.6) is 0 Å². The maximum Gasteiger partial charge on any atom is 0.258 e. The van der Waals surface area contributed by atoms with E-state index in [0.29, 0.717) is 28.5 Å². The lowest BCUT2D eigenvalue weighted by Crippen LogP contribution is -2.27. The zero-order valence-corrected chi connectivity index (χ0v) is 19.0. The lowest BCUT2D eigenvalue weighted by molar-refractivity contribution is -0.118. The molecule has 170 valence electrons. The minimum atomic E-state index is -1.23. The largest absolute Gasteiger partial charge is 0.381 e. The number of nitrogens with one attached hydrogen (secondary N) is 1. The van der Waals surface area contributed by atoms with E-state index in [1.807, 2.05) is 37.3 Å². The summed E-state index contributed by atoms with van der Waals surface area (Å²) in [5.74, 6) is 0.542. The molecule has 0 fully saturated rings. The molecular formula is C24H26N6O3. The van der Waals surface area contributed by atoms with E-state index in [2.05, 4.69) is 37.1 Å². The van der Waals surface area contributed by atoms with Crippen molar-refractivity contribution in [1.29, 1.82) is 0 Å². The van der Waals surface area contributed by atoms with E-state index in [4.69, 9.17) is 4.52 Å². The first-order valence-corrected chi connectivity index (χ1v) is 10.3. The third kappa shape index (κ3) is 6.05. The third-order valence-electron chi connectivity index (χ3n) is 4.72. The number of aromatic nitrogens is 3. The fourth-order valence-electron chi connectivity index (χ4n) is 2.83. The van der Waals surface area contributed by atoms with Crippen LogP contribution in [0, 0.1) is 0 Å². The fourth-order valence-corrected chi connectivity index (χ4v) is 2.83. The zero-order valence-electron chi connectivity index (χ0n) is 19.0. The van der Waals surface area contributed by atoms with Gasteiger partial charge in [-0.15, -0.1) is 0 Å². The zero-order chi connectivity index (χ0) is 24.0. The van der Waals surface area contributed by atoms with Gasteiger partial charge in [-0.05, 0) is 58.2 Å². The molecule has 0 aliphatic carbocycles. The molecule has 0 unspecified atom stereocenters. The molecule has 0 bridgehead atoms. The van der Waals surface area contributed by atoms with Crippen LogP contribution in [-0.2, 0) is 10.4 Å². The van der Waals surface area contributed by atoms with E-state index in [9.17, 15) is 9.90 Å². The van der Waals surface area contributed by atoms with Gasteiger partial charge in [0, 0.05) is 23.5 Å². The number of hydrogen-bond acceptors (Lipinski definition) is 7. The molecule has 2 N–H and O–H groups in total. The van der Waals surface area contributed by atoms with E-state index in [1.54, 1.807) is 39.1 Å². The van der Waals surface area contributed by atoms with Crippen LogP contribution in [0.2, 0.25) is 0 Å². The normalized spacial score (nSPS) is 13.5. The van der Waals surface area contributed by atoms with Crippen molar-refractivity contribution in [3.63, 3.8) is 0 Å². The van der Waals surface area contributed by atoms with Crippen LogP contribution in [0.25, 0.3) is 11.4 Å². The van der Waals surface area contributed by atoms with Gasteiger partial charge in [0.1, 0.15) is 11.3 Å². The Hall–Kier alpha value is -3.98. The lowest BCUT2D eigenvalue weighted by Gasteiger charge is -2.15. The highest BCUT2D eigenvalue weighted by Crippen LogP contribution is 2.24. The number of carbonyl (C=O) groups is 1. The number of nitrogens with zero attached hydrogens (tertiary/aromatic N) is 5. The second-order valence-corrected chi connectivity index (χ2v) is 7.94. The van der Waals surface area contributed by atoms with E-state index < -0.39 is 5.60 Å². The summed E-state index contributed by atoms with van der Waals surface area (Å²) in [4.78, 5) is 29.2. The molecule has 0 aliphatic heterocycles. The molecule has 2 heterocycles. The molecule has 1 amide bonds. The molecule has 0 spiro atoms. The monoisotopic (exact) mass is 446 g/mol. The molecule has 3 rings (SSSR count). The summed E-state index contributed by atoms with van der Waals surface area (Å²) in [7, 11) is 0. The Morgan fingerprint density at radius 1 is 1.27 bits per heavy atom. The molecule has 33 heavy (non-hydrogen) atoms. The Balaban J connectivity index is 1.72. The Morgan fingerprint density at radius 2 is 2.06 bits per heavy atom. The van der Waals surface area contributed by atoms with Crippen molar-refractivity contribution in [2.45, 2.75) is 39.3 Å². The lowest BCUT2D eigenvalue weighted by atomic mass is 10.0. The van der Waals surface area contributed by atoms with Gasteiger partial charge in [-0.2, -0.15) is 4.98 Å². The first-order chi connectivity index (χ1) is 15.7. The maximum absolute atomic E-state index is 12.7. The predicted octanol–water partition coefficient (Wildman–Crippen LogP) is 3.59. The highest BCUT2D eigenvalue weighted by atomic mass is 16.5. The number of carbonyl (C=O) groups excluding carboxylic acids is 1. The Kier molecular flexibility index (Phi) is 7.24. The van der Waals surface area contributed by atoms with Gasteiger partial charge < -0.3 is 14.9 Å². The number of pyridine rings is 1. The highest BCUT2D eigenvalue weighted by molar-refractivity contribution is 6.00. The molecule has 9 nitrogen and oxygen atoms in total. The SMILES string of the molecule is C=NC(=N/C=C(\C)C(=O)N[C@@H](C)c1cccc(-c2noc(C(C)(C)O)n2)c1)c1ccccn1. The van der Waals surface area contributed by atoms with Gasteiger partial charge in [0.2, 0.25) is 11.7 Å². The topological polar surface area (TPSA) is 126 Å². The fraction of sp³-hybridized carbons (Fsp3) is 0.250. The van der Waals surface area contributed by atoms with Gasteiger partial charge in [0.25, 0.3) is 5.89 Å². The first-order valence-electron chi connectivity index (χ1n) is 10.3. The minimum Gasteiger partial charge on any atom is -0.381 e. The second-order valence-electron chi connectivity index (χ2n) is 7.94. The third-order valence-corrected chi connectivity index (χ3v) is 4.72. The Bertz CT molecular complexity index is 1190. The number of aliphatic hydroxyl groups is 1. The van der Waals surface area contributed by atoms with E-state index >= 15 is 0 Å². The van der Waals surface area contributed by atoms with Gasteiger partial charge in [-0.1, -0.05) is 29.4 Å². The summed E-state index contributed by atoms with van der Waals surface area (Å²) >= 11 is 0. The summed E-state index contributed by atoms with van der Waals surface area (Å²) < 4.78 is 5.15. The van der Waals surface area contributed by atoms with Crippen LogP contribution in [0.4, 0.5) is 0 Å². The van der Waals surface area contributed by atoms with Crippen LogP contribution in [-0.4, -0.2) is 38.7 Å². The van der Waals surface area contributed by atoms with Crippen molar-refractivity contribution in [1.82, 2.24) is 20.4 Å². The minimum absolute atomic E-state index is 0.129. The molecule has 0 saturated heterocycles. The van der Waals surface area contributed by atoms with Crippen LogP contribution in [0.1, 0.15) is 50.9 Å². The Morgan fingerprint density at radius 3 is 2.70 bits per heavy atom. The quantitative estimate of drug-likeness (QED) is 0.324. The van der Waals surface area contributed by atoms with Gasteiger partial charge in [-0.25, -0.2) is 9.98 Å². The number of amides is 1. The molecular weight excluding hydrogens is 420 g/mol. The van der Waals surface area contributed by atoms with Gasteiger partial charge in [-0.3, -0.25) is 9.78 Å². The predicted molar refractivity (Wildman–Crippen MR) is 126 cm³/mol. The number of rotatable bonds is 7. The molecule has 2 aromatic heterocycles. The Labute approximate surface area is 192 Å². The summed E-state index contributed by atoms with van der Waals surface area (Å²) in [5, 5.41) is 16.9. The van der Waals surface area contributed by atoms with Crippen LogP contribution in [0.15, 0.2) is 74.9 Å². The summed E-state index contributed by atoms with van der Waals surface area (Å²) in [6, 6.07) is 12.5. The van der Waals surface area contributed by atoms with Crippen LogP contribution in [0.3, 0.4) is 0 Å². The molecule has 0 radical (unpaired) electrons. The van der Waals surface area contributed by atoms with Crippen molar-refractivity contribution in [2.75, 3.05) is 0 Å². The molecule has 3 aromatic rings. The van der Waals surface area contributed by atoms with Crippen molar-refractivity contribution < 1.29 is 14.4 Å². The summed E-state index contributed by atoms with van der Waals surface area (Å²) in [6.07, 6.45) is 3.07. The highest BCUT2D eigenvalue weighted by Gasteiger charge is 2.24. The number of hydrogen-bond donors (Lipinski definition) is 2. The van der Waals surface area contributed by atoms with Crippen molar-refractivity contribution in [3.8, 4) is 11.4 Å². The smallest absolute Gasteiger partial charge is 0.258 e. The number of aliphatic imine (C=N–C) groups is 2. The van der Waals surface area contributed by atoms with Gasteiger partial charge in [0.05, 0.1) is 6.04 Å². The second kappa shape index (κ2) is 10.1. The van der Waals surface area contributed by atoms with E-state index in [-0.39, 0.29) is 17.8 Å². The molecule has 0 aliphatic rings. The van der Waals surface area contributed by atoms with E-state index in [0.717, 1.165) is 5.56 Å². The van der Waals surface area contributed by atoms with Gasteiger partial charge in [0.15, 0.2) is 5.84 Å². The maximum atomic E-state index is 12.7. The molecule has 1 aromatic carbocycles. The number of benzene rings is 1. The van der Waals surface area contributed by atoms with Crippen molar-refractivity contribution in [3.05, 3.63) is 77.6 Å². The van der Waals surface area contributed by atoms with Crippen molar-refractivity contribution in [2.24, 2.45) is 9.98 Å². The standard InChI is InChI=1S/C24H26N6O3/c1-15(14-27-21(25-5)19-11-6-7-12-26-19)22(31)28-16(2)17-9-8-10-18(13-17)20-29-23(33-30-20)24(3,4)32/h6-14,16,32H,5H2,1-4H3,(H,28,31)/b15-14+,27-21?/t16-/m0/s1. The number of amidine groups is 1. The molecule has 1 atom stereocenters.